The fourth-order valence-corrected chi connectivity index (χ4v) is 4.26. The molecule has 114 valence electrons. The van der Waals surface area contributed by atoms with E-state index in [0.717, 1.165) is 29.8 Å². The van der Waals surface area contributed by atoms with Crippen LogP contribution in [0.1, 0.15) is 35.4 Å². The van der Waals surface area contributed by atoms with E-state index in [0.29, 0.717) is 0 Å². The van der Waals surface area contributed by atoms with Crippen LogP contribution in [0.3, 0.4) is 0 Å². The zero-order valence-corrected chi connectivity index (χ0v) is 12.6. The number of aromatic nitrogens is 3. The molecule has 0 saturated carbocycles. The first-order valence-corrected chi connectivity index (χ1v) is 8.07. The molecule has 2 aliphatic rings. The van der Waals surface area contributed by atoms with Crippen molar-refractivity contribution in [2.75, 3.05) is 0 Å². The van der Waals surface area contributed by atoms with Crippen LogP contribution in [-0.2, 0) is 6.42 Å². The molecule has 5 rings (SSSR count). The molecular weight excluding hydrogens is 286 g/mol. The number of pyridine rings is 1. The molecule has 0 amide bonds. The van der Waals surface area contributed by atoms with Crippen LogP contribution >= 0.6 is 0 Å². The lowest BCUT2D eigenvalue weighted by molar-refractivity contribution is 0.0710. The summed E-state index contributed by atoms with van der Waals surface area (Å²) in [6, 6.07) is 12.5. The van der Waals surface area contributed by atoms with Gasteiger partial charge in [-0.05, 0) is 24.5 Å². The standard InChI is InChI=1S/C19H17N3O/c23-19-14-6-3-9-21-16(14)8-7-15(19)18-13-5-2-1-4-12(13)17-10-20-11-22(17)18/h1-6,9-11,15,18-19,23H,7-8H2/t15-,18?,19-/m0/s1. The first kappa shape index (κ1) is 13.0. The van der Waals surface area contributed by atoms with Crippen molar-refractivity contribution >= 4 is 0 Å². The lowest BCUT2D eigenvalue weighted by Crippen LogP contribution is -2.29. The topological polar surface area (TPSA) is 50.9 Å². The van der Waals surface area contributed by atoms with Gasteiger partial charge in [-0.15, -0.1) is 0 Å². The Hall–Kier alpha value is -2.46. The molecule has 4 heteroatoms. The van der Waals surface area contributed by atoms with Gasteiger partial charge in [-0.2, -0.15) is 0 Å². The minimum absolute atomic E-state index is 0.142. The summed E-state index contributed by atoms with van der Waals surface area (Å²) in [5.41, 5.74) is 5.69. The molecule has 3 atom stereocenters. The van der Waals surface area contributed by atoms with Gasteiger partial charge >= 0.3 is 0 Å². The summed E-state index contributed by atoms with van der Waals surface area (Å²) in [5, 5.41) is 11.0. The van der Waals surface area contributed by atoms with E-state index in [1.54, 1.807) is 0 Å². The molecule has 1 unspecified atom stereocenters. The van der Waals surface area contributed by atoms with Crippen LogP contribution in [0, 0.1) is 5.92 Å². The fourth-order valence-electron chi connectivity index (χ4n) is 4.26. The minimum atomic E-state index is -0.487. The Morgan fingerprint density at radius 1 is 1.09 bits per heavy atom. The number of nitrogens with zero attached hydrogens (tertiary/aromatic N) is 3. The van der Waals surface area contributed by atoms with Crippen molar-refractivity contribution in [3.05, 3.63) is 71.9 Å². The molecule has 0 saturated heterocycles. The van der Waals surface area contributed by atoms with Gasteiger partial charge in [0.05, 0.1) is 30.4 Å². The number of rotatable bonds is 1. The van der Waals surface area contributed by atoms with E-state index >= 15 is 0 Å². The molecule has 1 aliphatic heterocycles. The Morgan fingerprint density at radius 3 is 2.91 bits per heavy atom. The van der Waals surface area contributed by atoms with E-state index in [9.17, 15) is 5.11 Å². The third kappa shape index (κ3) is 1.75. The van der Waals surface area contributed by atoms with Gasteiger partial charge < -0.3 is 9.67 Å². The molecular formula is C19H17N3O. The van der Waals surface area contributed by atoms with Crippen LogP contribution < -0.4 is 0 Å². The van der Waals surface area contributed by atoms with E-state index in [1.165, 1.54) is 11.1 Å². The maximum absolute atomic E-state index is 11.0. The third-order valence-electron chi connectivity index (χ3n) is 5.29. The van der Waals surface area contributed by atoms with Crippen molar-refractivity contribution in [3.63, 3.8) is 0 Å². The van der Waals surface area contributed by atoms with Crippen LogP contribution in [0.5, 0.6) is 0 Å². The Kier molecular flexibility index (Phi) is 2.70. The Morgan fingerprint density at radius 2 is 1.96 bits per heavy atom. The highest BCUT2D eigenvalue weighted by molar-refractivity contribution is 5.69. The summed E-state index contributed by atoms with van der Waals surface area (Å²) in [6.07, 6.45) is 6.99. The number of aliphatic hydroxyl groups is 1. The van der Waals surface area contributed by atoms with Gasteiger partial charge in [-0.3, -0.25) is 4.98 Å². The first-order valence-electron chi connectivity index (χ1n) is 8.07. The number of aliphatic hydroxyl groups excluding tert-OH is 1. The zero-order valence-electron chi connectivity index (χ0n) is 12.6. The lowest BCUT2D eigenvalue weighted by Gasteiger charge is -2.34. The van der Waals surface area contributed by atoms with Gasteiger partial charge in [-0.25, -0.2) is 4.98 Å². The SMILES string of the molecule is O[C@H]1c2cccnc2CC[C@H]1C1c2ccccc2-c2cncn21. The summed E-state index contributed by atoms with van der Waals surface area (Å²) in [4.78, 5) is 8.76. The highest BCUT2D eigenvalue weighted by Crippen LogP contribution is 2.49. The van der Waals surface area contributed by atoms with Crippen LogP contribution in [0.4, 0.5) is 0 Å². The third-order valence-corrected chi connectivity index (χ3v) is 5.29. The number of imidazole rings is 1. The smallest absolute Gasteiger partial charge is 0.0956 e. The molecule has 0 radical (unpaired) electrons. The van der Waals surface area contributed by atoms with Gasteiger partial charge in [0.2, 0.25) is 0 Å². The summed E-state index contributed by atoms with van der Waals surface area (Å²) in [7, 11) is 0. The molecule has 1 aliphatic carbocycles. The highest BCUT2D eigenvalue weighted by Gasteiger charge is 2.40. The monoisotopic (exact) mass is 303 g/mol. The molecule has 23 heavy (non-hydrogen) atoms. The van der Waals surface area contributed by atoms with Crippen molar-refractivity contribution in [2.45, 2.75) is 25.0 Å². The Bertz CT molecular complexity index is 886. The number of benzene rings is 1. The zero-order chi connectivity index (χ0) is 15.4. The molecule has 3 heterocycles. The molecule has 3 aromatic rings. The average Bonchev–Trinajstić information content (AvgIpc) is 3.17. The predicted molar refractivity (Wildman–Crippen MR) is 86.8 cm³/mol. The fraction of sp³-hybridized carbons (Fsp3) is 0.263. The van der Waals surface area contributed by atoms with Gasteiger partial charge in [0.25, 0.3) is 0 Å². The molecule has 1 aromatic carbocycles. The van der Waals surface area contributed by atoms with E-state index < -0.39 is 6.10 Å². The van der Waals surface area contributed by atoms with Crippen molar-refractivity contribution in [2.24, 2.45) is 5.92 Å². The predicted octanol–water partition coefficient (Wildman–Crippen LogP) is 3.14. The van der Waals surface area contributed by atoms with Crippen LogP contribution in [0.15, 0.2) is 55.1 Å². The van der Waals surface area contributed by atoms with Crippen molar-refractivity contribution in [1.82, 2.24) is 14.5 Å². The number of hydrogen-bond acceptors (Lipinski definition) is 3. The summed E-state index contributed by atoms with van der Waals surface area (Å²) < 4.78 is 2.22. The Balaban J connectivity index is 1.64. The molecule has 4 nitrogen and oxygen atoms in total. The largest absolute Gasteiger partial charge is 0.388 e. The number of aryl methyl sites for hydroxylation is 1. The van der Waals surface area contributed by atoms with Crippen molar-refractivity contribution < 1.29 is 5.11 Å². The minimum Gasteiger partial charge on any atom is -0.388 e. The molecule has 0 bridgehead atoms. The first-order chi connectivity index (χ1) is 11.3. The molecule has 2 aromatic heterocycles. The van der Waals surface area contributed by atoms with Gasteiger partial charge in [0.15, 0.2) is 0 Å². The van der Waals surface area contributed by atoms with Crippen molar-refractivity contribution in [3.8, 4) is 11.3 Å². The summed E-state index contributed by atoms with van der Waals surface area (Å²) in [6.45, 7) is 0. The van der Waals surface area contributed by atoms with Crippen LogP contribution in [-0.4, -0.2) is 19.6 Å². The maximum Gasteiger partial charge on any atom is 0.0956 e. The quantitative estimate of drug-likeness (QED) is 0.751. The van der Waals surface area contributed by atoms with E-state index in [-0.39, 0.29) is 12.0 Å². The van der Waals surface area contributed by atoms with E-state index in [2.05, 4.69) is 38.8 Å². The van der Waals surface area contributed by atoms with E-state index in [1.807, 2.05) is 30.9 Å². The molecule has 1 N–H and O–H groups in total. The second-order valence-electron chi connectivity index (χ2n) is 6.40. The summed E-state index contributed by atoms with van der Waals surface area (Å²) >= 11 is 0. The van der Waals surface area contributed by atoms with E-state index in [4.69, 9.17) is 0 Å². The number of hydrogen-bond donors (Lipinski definition) is 1. The van der Waals surface area contributed by atoms with Gasteiger partial charge in [0, 0.05) is 28.9 Å². The van der Waals surface area contributed by atoms with Gasteiger partial charge in [0.1, 0.15) is 0 Å². The van der Waals surface area contributed by atoms with Crippen molar-refractivity contribution in [1.29, 1.82) is 0 Å². The van der Waals surface area contributed by atoms with Crippen LogP contribution in [0.2, 0.25) is 0 Å². The Labute approximate surface area is 134 Å². The normalized spacial score (nSPS) is 24.8. The van der Waals surface area contributed by atoms with Crippen LogP contribution in [0.25, 0.3) is 11.3 Å². The average molecular weight is 303 g/mol. The highest BCUT2D eigenvalue weighted by atomic mass is 16.3. The second-order valence-corrected chi connectivity index (χ2v) is 6.40. The number of fused-ring (bicyclic) bond motifs is 4. The lowest BCUT2D eigenvalue weighted by atomic mass is 9.77. The molecule has 0 spiro atoms. The molecule has 0 fully saturated rings. The van der Waals surface area contributed by atoms with Gasteiger partial charge in [-0.1, -0.05) is 30.3 Å². The maximum atomic E-state index is 11.0. The second kappa shape index (κ2) is 4.77. The summed E-state index contributed by atoms with van der Waals surface area (Å²) in [5.74, 6) is 0.142.